The number of hydrogen-bond acceptors (Lipinski definition) is 5. The van der Waals surface area contributed by atoms with Gasteiger partial charge in [-0.2, -0.15) is 8.42 Å². The van der Waals surface area contributed by atoms with Gasteiger partial charge in [-0.25, -0.2) is 0 Å². The fraction of sp³-hybridized carbons (Fsp3) is 0.538. The van der Waals surface area contributed by atoms with E-state index < -0.39 is 10.1 Å². The van der Waals surface area contributed by atoms with Gasteiger partial charge in [0.05, 0.1) is 24.2 Å². The van der Waals surface area contributed by atoms with Crippen LogP contribution in [0.25, 0.3) is 0 Å². The average Bonchev–Trinajstić information content (AvgIpc) is 2.46. The summed E-state index contributed by atoms with van der Waals surface area (Å²) in [5.74, 6) is 0. The summed E-state index contributed by atoms with van der Waals surface area (Å²) in [6, 6.07) is 6.63. The average molecular weight is 297 g/mol. The predicted octanol–water partition coefficient (Wildman–Crippen LogP) is 0.801. The van der Waals surface area contributed by atoms with Crippen LogP contribution in [0.3, 0.4) is 0 Å². The minimum atomic E-state index is -3.70. The van der Waals surface area contributed by atoms with E-state index in [1.165, 1.54) is 0 Å². The second kappa shape index (κ2) is 6.71. The molecule has 5 nitrogen and oxygen atoms in total. The number of ether oxygens (including phenoxy) is 1. The van der Waals surface area contributed by atoms with Gasteiger partial charge in [-0.3, -0.25) is 4.18 Å². The highest BCUT2D eigenvalue weighted by Gasteiger charge is 2.23. The minimum absolute atomic E-state index is 0.0622. The van der Waals surface area contributed by atoms with Crippen LogP contribution in [0.2, 0.25) is 6.82 Å². The van der Waals surface area contributed by atoms with Gasteiger partial charge in [-0.15, -0.1) is 0 Å². The van der Waals surface area contributed by atoms with E-state index in [4.69, 9.17) is 8.92 Å². The fourth-order valence-electron chi connectivity index (χ4n) is 2.11. The molecule has 0 radical (unpaired) electrons. The van der Waals surface area contributed by atoms with Crippen LogP contribution in [-0.2, 0) is 19.0 Å². The number of rotatable bonds is 5. The maximum Gasteiger partial charge on any atom is 0.297 e. The zero-order valence-corrected chi connectivity index (χ0v) is 12.7. The van der Waals surface area contributed by atoms with Crippen molar-refractivity contribution < 1.29 is 17.3 Å². The third-order valence-corrected chi connectivity index (χ3v) is 4.68. The van der Waals surface area contributed by atoms with Gasteiger partial charge >= 0.3 is 0 Å². The Balaban J connectivity index is 1.94. The number of nitrogens with zero attached hydrogens (tertiary/aromatic N) is 1. The molecule has 7 heteroatoms. The van der Waals surface area contributed by atoms with E-state index in [-0.39, 0.29) is 17.6 Å². The number of morpholine rings is 1. The molecule has 1 aliphatic heterocycles. The molecular weight excluding hydrogens is 277 g/mol. The van der Waals surface area contributed by atoms with E-state index in [0.717, 1.165) is 19.5 Å². The van der Waals surface area contributed by atoms with Gasteiger partial charge in [-0.1, -0.05) is 24.5 Å². The van der Waals surface area contributed by atoms with Crippen molar-refractivity contribution in [1.29, 1.82) is 0 Å². The summed E-state index contributed by atoms with van der Waals surface area (Å²) in [6.45, 7) is 6.26. The Kier molecular flexibility index (Phi) is 5.20. The van der Waals surface area contributed by atoms with Crippen molar-refractivity contribution >= 4 is 17.5 Å². The van der Waals surface area contributed by atoms with Crippen LogP contribution < -0.4 is 0 Å². The molecule has 1 heterocycles. The van der Waals surface area contributed by atoms with Crippen molar-refractivity contribution in [3.63, 3.8) is 0 Å². The fourth-order valence-corrected chi connectivity index (χ4v) is 3.04. The number of benzene rings is 1. The van der Waals surface area contributed by atoms with Gasteiger partial charge in [0.25, 0.3) is 10.1 Å². The molecule has 0 N–H and O–H groups in total. The standard InChI is InChI=1S/C13H20BNO4S/c1-11-3-5-13(6-4-11)20(16,17)19-10-12-9-15(14-2)7-8-18-12/h3-6,12,14H,7-10H2,1-2H3/t12-/m1/s1. The molecule has 0 aliphatic carbocycles. The first-order valence-electron chi connectivity index (χ1n) is 6.81. The third-order valence-electron chi connectivity index (χ3n) is 3.39. The molecule has 20 heavy (non-hydrogen) atoms. The Morgan fingerprint density at radius 1 is 1.40 bits per heavy atom. The van der Waals surface area contributed by atoms with Crippen molar-refractivity contribution in [2.45, 2.75) is 24.7 Å². The maximum absolute atomic E-state index is 12.0. The minimum Gasteiger partial charge on any atom is -0.373 e. The Bertz CT molecular complexity index is 532. The summed E-state index contributed by atoms with van der Waals surface area (Å²) in [7, 11) is -2.76. The zero-order chi connectivity index (χ0) is 14.6. The molecule has 1 aliphatic rings. The summed E-state index contributed by atoms with van der Waals surface area (Å²) < 4.78 is 34.7. The van der Waals surface area contributed by atoms with Crippen molar-refractivity contribution in [2.24, 2.45) is 0 Å². The Morgan fingerprint density at radius 3 is 2.75 bits per heavy atom. The molecule has 0 bridgehead atoms. The quantitative estimate of drug-likeness (QED) is 0.594. The highest BCUT2D eigenvalue weighted by atomic mass is 32.2. The number of aryl methyl sites for hydroxylation is 1. The summed E-state index contributed by atoms with van der Waals surface area (Å²) in [5.41, 5.74) is 1.01. The van der Waals surface area contributed by atoms with E-state index in [2.05, 4.69) is 11.6 Å². The highest BCUT2D eigenvalue weighted by molar-refractivity contribution is 7.86. The zero-order valence-electron chi connectivity index (χ0n) is 11.9. The normalized spacial score (nSPS) is 20.8. The van der Waals surface area contributed by atoms with Crippen LogP contribution in [-0.4, -0.2) is 53.1 Å². The smallest absolute Gasteiger partial charge is 0.297 e. The van der Waals surface area contributed by atoms with Crippen LogP contribution in [0.1, 0.15) is 5.56 Å². The SMILES string of the molecule is CBN1CCO[C@@H](COS(=O)(=O)c2ccc(C)cc2)C1. The number of hydrogen-bond donors (Lipinski definition) is 0. The second-order valence-corrected chi connectivity index (χ2v) is 6.55. The first kappa shape index (κ1) is 15.5. The first-order valence-corrected chi connectivity index (χ1v) is 8.22. The van der Waals surface area contributed by atoms with Crippen molar-refractivity contribution in [2.75, 3.05) is 26.3 Å². The topological polar surface area (TPSA) is 55.8 Å². The third kappa shape index (κ3) is 4.05. The summed E-state index contributed by atoms with van der Waals surface area (Å²) in [5, 5.41) is 0. The molecule has 1 aromatic carbocycles. The Hall–Kier alpha value is -0.885. The van der Waals surface area contributed by atoms with Gasteiger partial charge in [0.2, 0.25) is 7.41 Å². The van der Waals surface area contributed by atoms with Crippen LogP contribution in [0, 0.1) is 6.92 Å². The molecule has 1 saturated heterocycles. The molecule has 0 spiro atoms. The molecule has 0 unspecified atom stereocenters. The molecule has 0 amide bonds. The lowest BCUT2D eigenvalue weighted by Crippen LogP contribution is -2.45. The lowest BCUT2D eigenvalue weighted by atomic mass is 9.94. The first-order chi connectivity index (χ1) is 9.51. The summed E-state index contributed by atoms with van der Waals surface area (Å²) in [4.78, 5) is 2.40. The van der Waals surface area contributed by atoms with Crippen molar-refractivity contribution in [3.05, 3.63) is 29.8 Å². The van der Waals surface area contributed by atoms with Crippen LogP contribution in [0.5, 0.6) is 0 Å². The molecule has 0 aromatic heterocycles. The molecular formula is C13H20BNO4S. The predicted molar refractivity (Wildman–Crippen MR) is 78.6 cm³/mol. The Labute approximate surface area is 121 Å². The van der Waals surface area contributed by atoms with Gasteiger partial charge in [0.15, 0.2) is 0 Å². The summed E-state index contributed by atoms with van der Waals surface area (Å²) >= 11 is 0. The molecule has 2 rings (SSSR count). The van der Waals surface area contributed by atoms with Crippen LogP contribution in [0.4, 0.5) is 0 Å². The van der Waals surface area contributed by atoms with Crippen molar-refractivity contribution in [3.8, 4) is 0 Å². The van der Waals surface area contributed by atoms with Gasteiger partial charge < -0.3 is 9.55 Å². The molecule has 1 fully saturated rings. The van der Waals surface area contributed by atoms with E-state index in [1.807, 2.05) is 6.92 Å². The van der Waals surface area contributed by atoms with Crippen LogP contribution >= 0.6 is 0 Å². The lowest BCUT2D eigenvalue weighted by molar-refractivity contribution is -0.0244. The molecule has 0 saturated carbocycles. The van der Waals surface area contributed by atoms with Crippen LogP contribution in [0.15, 0.2) is 29.2 Å². The van der Waals surface area contributed by atoms with E-state index in [0.29, 0.717) is 13.2 Å². The molecule has 110 valence electrons. The highest BCUT2D eigenvalue weighted by Crippen LogP contribution is 2.14. The molecule has 1 aromatic rings. The summed E-state index contributed by atoms with van der Waals surface area (Å²) in [6.07, 6.45) is -0.191. The monoisotopic (exact) mass is 297 g/mol. The molecule has 1 atom stereocenters. The maximum atomic E-state index is 12.0. The Morgan fingerprint density at radius 2 is 2.10 bits per heavy atom. The van der Waals surface area contributed by atoms with E-state index in [1.54, 1.807) is 24.3 Å². The largest absolute Gasteiger partial charge is 0.373 e. The lowest BCUT2D eigenvalue weighted by Gasteiger charge is -2.31. The van der Waals surface area contributed by atoms with Gasteiger partial charge in [0.1, 0.15) is 0 Å². The van der Waals surface area contributed by atoms with E-state index >= 15 is 0 Å². The van der Waals surface area contributed by atoms with E-state index in [9.17, 15) is 8.42 Å². The van der Waals surface area contributed by atoms with Gasteiger partial charge in [-0.05, 0) is 19.1 Å². The van der Waals surface area contributed by atoms with Gasteiger partial charge in [0, 0.05) is 13.1 Å². The second-order valence-electron chi connectivity index (χ2n) is 4.94. The van der Waals surface area contributed by atoms with Crippen molar-refractivity contribution in [1.82, 2.24) is 4.81 Å².